The third kappa shape index (κ3) is 3.73. The Hall–Kier alpha value is -1.08. The minimum atomic E-state index is -4.25. The second kappa shape index (κ2) is 5.73. The van der Waals surface area contributed by atoms with E-state index in [1.165, 1.54) is 12.1 Å². The zero-order chi connectivity index (χ0) is 14.8. The number of sulfonamides is 1. The SMILES string of the molecule is O=S(=O)(NC1CCCC(C(F)(F)F)C1)c1ccccc1. The lowest BCUT2D eigenvalue weighted by atomic mass is 9.86. The largest absolute Gasteiger partial charge is 0.391 e. The van der Waals surface area contributed by atoms with Gasteiger partial charge in [-0.3, -0.25) is 0 Å². The van der Waals surface area contributed by atoms with E-state index >= 15 is 0 Å². The molecule has 1 aromatic rings. The molecule has 3 nitrogen and oxygen atoms in total. The van der Waals surface area contributed by atoms with Crippen molar-refractivity contribution >= 4 is 10.0 Å². The lowest BCUT2D eigenvalue weighted by molar-refractivity contribution is -0.183. The minimum Gasteiger partial charge on any atom is -0.208 e. The molecule has 1 aromatic carbocycles. The maximum absolute atomic E-state index is 12.7. The van der Waals surface area contributed by atoms with Gasteiger partial charge in [-0.1, -0.05) is 24.6 Å². The standard InChI is InChI=1S/C13H16F3NO2S/c14-13(15,16)10-5-4-6-11(9-10)17-20(18,19)12-7-2-1-3-8-12/h1-3,7-8,10-11,17H,4-6,9H2. The van der Waals surface area contributed by atoms with Crippen LogP contribution in [0.25, 0.3) is 0 Å². The van der Waals surface area contributed by atoms with Crippen LogP contribution in [0.3, 0.4) is 0 Å². The zero-order valence-corrected chi connectivity index (χ0v) is 11.5. The fourth-order valence-electron chi connectivity index (χ4n) is 2.48. The summed E-state index contributed by atoms with van der Waals surface area (Å²) in [7, 11) is -3.75. The highest BCUT2D eigenvalue weighted by molar-refractivity contribution is 7.89. The van der Waals surface area contributed by atoms with Gasteiger partial charge in [0, 0.05) is 6.04 Å². The average Bonchev–Trinajstić information content (AvgIpc) is 2.38. The Morgan fingerprint density at radius 3 is 2.35 bits per heavy atom. The van der Waals surface area contributed by atoms with Crippen LogP contribution in [0.15, 0.2) is 35.2 Å². The molecule has 0 aromatic heterocycles. The molecule has 1 N–H and O–H groups in total. The third-order valence-corrected chi connectivity index (χ3v) is 5.05. The van der Waals surface area contributed by atoms with Crippen LogP contribution in [0.4, 0.5) is 13.2 Å². The van der Waals surface area contributed by atoms with Gasteiger partial charge < -0.3 is 0 Å². The normalized spacial score (nSPS) is 24.6. The third-order valence-electron chi connectivity index (χ3n) is 3.51. The number of rotatable bonds is 3. The van der Waals surface area contributed by atoms with E-state index in [2.05, 4.69) is 4.72 Å². The van der Waals surface area contributed by atoms with Crippen molar-refractivity contribution < 1.29 is 21.6 Å². The van der Waals surface area contributed by atoms with Crippen molar-refractivity contribution in [2.45, 2.75) is 42.8 Å². The fraction of sp³-hybridized carbons (Fsp3) is 0.538. The van der Waals surface area contributed by atoms with Gasteiger partial charge in [0.25, 0.3) is 0 Å². The Morgan fingerprint density at radius 1 is 1.10 bits per heavy atom. The predicted molar refractivity (Wildman–Crippen MR) is 68.6 cm³/mol. The van der Waals surface area contributed by atoms with Crippen LogP contribution >= 0.6 is 0 Å². The highest BCUT2D eigenvalue weighted by Crippen LogP contribution is 2.37. The number of benzene rings is 1. The van der Waals surface area contributed by atoms with Crippen molar-refractivity contribution in [3.63, 3.8) is 0 Å². The van der Waals surface area contributed by atoms with Gasteiger partial charge in [0.2, 0.25) is 10.0 Å². The molecule has 1 aliphatic rings. The first-order valence-corrected chi connectivity index (χ1v) is 7.91. The molecule has 1 aliphatic carbocycles. The maximum atomic E-state index is 12.7. The van der Waals surface area contributed by atoms with Crippen LogP contribution < -0.4 is 4.72 Å². The molecule has 0 radical (unpaired) electrons. The van der Waals surface area contributed by atoms with Gasteiger partial charge in [0.15, 0.2) is 0 Å². The van der Waals surface area contributed by atoms with Crippen molar-refractivity contribution in [3.05, 3.63) is 30.3 Å². The molecule has 20 heavy (non-hydrogen) atoms. The molecule has 0 amide bonds. The van der Waals surface area contributed by atoms with Crippen LogP contribution in [0, 0.1) is 5.92 Å². The monoisotopic (exact) mass is 307 g/mol. The van der Waals surface area contributed by atoms with E-state index in [-0.39, 0.29) is 17.7 Å². The minimum absolute atomic E-state index is 0.0765. The first-order chi connectivity index (χ1) is 9.29. The van der Waals surface area contributed by atoms with E-state index in [9.17, 15) is 21.6 Å². The lowest BCUT2D eigenvalue weighted by Crippen LogP contribution is -2.41. The molecule has 0 spiro atoms. The molecule has 0 bridgehead atoms. The van der Waals surface area contributed by atoms with E-state index in [0.717, 1.165) is 0 Å². The molecule has 2 atom stereocenters. The number of alkyl halides is 3. The molecule has 0 heterocycles. The summed E-state index contributed by atoms with van der Waals surface area (Å²) in [6, 6.07) is 7.03. The van der Waals surface area contributed by atoms with Crippen molar-refractivity contribution in [1.82, 2.24) is 4.72 Å². The van der Waals surface area contributed by atoms with Crippen LogP contribution in [-0.4, -0.2) is 20.6 Å². The number of nitrogens with one attached hydrogen (secondary N) is 1. The van der Waals surface area contributed by atoms with E-state index in [0.29, 0.717) is 12.8 Å². The molecule has 112 valence electrons. The van der Waals surface area contributed by atoms with Gasteiger partial charge in [-0.2, -0.15) is 13.2 Å². The number of halogens is 3. The summed E-state index contributed by atoms with van der Waals surface area (Å²) in [6.07, 6.45) is -3.54. The van der Waals surface area contributed by atoms with Crippen molar-refractivity contribution in [2.24, 2.45) is 5.92 Å². The zero-order valence-electron chi connectivity index (χ0n) is 10.7. The molecular weight excluding hydrogens is 291 g/mol. The second-order valence-corrected chi connectivity index (χ2v) is 6.75. The highest BCUT2D eigenvalue weighted by Gasteiger charge is 2.42. The fourth-order valence-corrected chi connectivity index (χ4v) is 3.79. The van der Waals surface area contributed by atoms with Gasteiger partial charge in [-0.25, -0.2) is 13.1 Å². The Bertz CT molecular complexity index is 542. The number of hydrogen-bond donors (Lipinski definition) is 1. The van der Waals surface area contributed by atoms with Crippen LogP contribution in [0.2, 0.25) is 0 Å². The van der Waals surface area contributed by atoms with Crippen LogP contribution in [0.1, 0.15) is 25.7 Å². The Kier molecular flexibility index (Phi) is 4.39. The Morgan fingerprint density at radius 2 is 1.75 bits per heavy atom. The molecule has 0 aliphatic heterocycles. The van der Waals surface area contributed by atoms with Gasteiger partial charge in [0.05, 0.1) is 10.8 Å². The van der Waals surface area contributed by atoms with Crippen LogP contribution in [-0.2, 0) is 10.0 Å². The summed E-state index contributed by atoms with van der Waals surface area (Å²) in [4.78, 5) is 0.0779. The van der Waals surface area contributed by atoms with E-state index in [1.54, 1.807) is 18.2 Å². The first kappa shape index (κ1) is 15.3. The second-order valence-electron chi connectivity index (χ2n) is 5.04. The molecule has 7 heteroatoms. The van der Waals surface area contributed by atoms with Gasteiger partial charge in [-0.05, 0) is 31.4 Å². The average molecular weight is 307 g/mol. The number of hydrogen-bond acceptors (Lipinski definition) is 2. The molecule has 2 unspecified atom stereocenters. The van der Waals surface area contributed by atoms with Crippen molar-refractivity contribution in [2.75, 3.05) is 0 Å². The molecule has 1 saturated carbocycles. The molecule has 2 rings (SSSR count). The van der Waals surface area contributed by atoms with Crippen molar-refractivity contribution in [1.29, 1.82) is 0 Å². The maximum Gasteiger partial charge on any atom is 0.391 e. The lowest BCUT2D eigenvalue weighted by Gasteiger charge is -2.30. The topological polar surface area (TPSA) is 46.2 Å². The molecular formula is C13H16F3NO2S. The molecule has 0 saturated heterocycles. The van der Waals surface area contributed by atoms with Gasteiger partial charge >= 0.3 is 6.18 Å². The van der Waals surface area contributed by atoms with Gasteiger partial charge in [0.1, 0.15) is 0 Å². The Labute approximate surface area is 116 Å². The predicted octanol–water partition coefficient (Wildman–Crippen LogP) is 3.09. The van der Waals surface area contributed by atoms with E-state index < -0.39 is 28.2 Å². The van der Waals surface area contributed by atoms with Crippen molar-refractivity contribution in [3.8, 4) is 0 Å². The summed E-state index contributed by atoms with van der Waals surface area (Å²) < 4.78 is 64.6. The summed E-state index contributed by atoms with van der Waals surface area (Å²) in [5.74, 6) is -1.42. The summed E-state index contributed by atoms with van der Waals surface area (Å²) in [5, 5.41) is 0. The first-order valence-electron chi connectivity index (χ1n) is 6.43. The van der Waals surface area contributed by atoms with Crippen LogP contribution in [0.5, 0.6) is 0 Å². The summed E-state index contributed by atoms with van der Waals surface area (Å²) in [5.41, 5.74) is 0. The summed E-state index contributed by atoms with van der Waals surface area (Å²) in [6.45, 7) is 0. The van der Waals surface area contributed by atoms with Gasteiger partial charge in [-0.15, -0.1) is 0 Å². The van der Waals surface area contributed by atoms with E-state index in [1.807, 2.05) is 0 Å². The summed E-state index contributed by atoms with van der Waals surface area (Å²) >= 11 is 0. The van der Waals surface area contributed by atoms with E-state index in [4.69, 9.17) is 0 Å². The Balaban J connectivity index is 2.07. The smallest absolute Gasteiger partial charge is 0.208 e. The highest BCUT2D eigenvalue weighted by atomic mass is 32.2. The quantitative estimate of drug-likeness (QED) is 0.933. The molecule has 1 fully saturated rings.